The van der Waals surface area contributed by atoms with Crippen molar-refractivity contribution >= 4 is 28.8 Å². The quantitative estimate of drug-likeness (QED) is 0.378. The largest absolute Gasteiger partial charge is 0.369 e. The van der Waals surface area contributed by atoms with E-state index >= 15 is 0 Å². The maximum atomic E-state index is 12.6. The van der Waals surface area contributed by atoms with Crippen molar-refractivity contribution in [3.05, 3.63) is 102 Å². The van der Waals surface area contributed by atoms with Gasteiger partial charge in [0, 0.05) is 61.7 Å². The van der Waals surface area contributed by atoms with Gasteiger partial charge in [0.2, 0.25) is 0 Å². The minimum atomic E-state index is -0.122. The number of halogens is 1. The van der Waals surface area contributed by atoms with Gasteiger partial charge in [-0.05, 0) is 30.3 Å². The number of rotatable bonds is 7. The molecular weight excluding hydrogens is 458 g/mol. The number of piperazine rings is 1. The molecule has 0 saturated carbocycles. The number of hydrogen-bond acceptors (Lipinski definition) is 4. The van der Waals surface area contributed by atoms with Crippen LogP contribution in [0, 0.1) is 0 Å². The summed E-state index contributed by atoms with van der Waals surface area (Å²) in [5.41, 5.74) is 5.70. The van der Waals surface area contributed by atoms with Crippen LogP contribution in [0.2, 0.25) is 5.02 Å². The highest BCUT2D eigenvalue weighted by atomic mass is 35.5. The lowest BCUT2D eigenvalue weighted by molar-refractivity contribution is 0.0957. The Bertz CT molecular complexity index is 1340. The van der Waals surface area contributed by atoms with Crippen molar-refractivity contribution in [1.29, 1.82) is 0 Å². The number of pyridine rings is 1. The lowest BCUT2D eigenvalue weighted by atomic mass is 10.1. The zero-order valence-corrected chi connectivity index (χ0v) is 20.3. The first kappa shape index (κ1) is 23.1. The van der Waals surface area contributed by atoms with Crippen LogP contribution in [-0.2, 0) is 6.54 Å². The Labute approximate surface area is 210 Å². The fraction of sp³-hybridized carbons (Fsp3) is 0.214. The molecule has 4 aromatic rings. The van der Waals surface area contributed by atoms with Crippen LogP contribution in [0.4, 0.5) is 5.69 Å². The molecule has 35 heavy (non-hydrogen) atoms. The molecule has 178 valence electrons. The van der Waals surface area contributed by atoms with Crippen molar-refractivity contribution in [1.82, 2.24) is 19.6 Å². The second kappa shape index (κ2) is 10.3. The van der Waals surface area contributed by atoms with Crippen LogP contribution in [0.15, 0.2) is 85.6 Å². The van der Waals surface area contributed by atoms with E-state index in [4.69, 9.17) is 16.6 Å². The predicted molar refractivity (Wildman–Crippen MR) is 142 cm³/mol. The third-order valence-corrected chi connectivity index (χ3v) is 6.59. The number of carbonyl (C=O) groups excluding carboxylic acids is 1. The van der Waals surface area contributed by atoms with E-state index in [2.05, 4.69) is 44.3 Å². The summed E-state index contributed by atoms with van der Waals surface area (Å²) >= 11 is 6.20. The van der Waals surface area contributed by atoms with Crippen LogP contribution in [0.5, 0.6) is 0 Å². The highest BCUT2D eigenvalue weighted by Gasteiger charge is 2.22. The molecule has 0 unspecified atom stereocenters. The Hall–Kier alpha value is -3.61. The molecule has 0 radical (unpaired) electrons. The van der Waals surface area contributed by atoms with Gasteiger partial charge in [0.25, 0.3) is 5.91 Å². The lowest BCUT2D eigenvalue weighted by Crippen LogP contribution is -2.46. The standard InChI is InChI=1S/C28H28ClN5O/c1-2-13-30-28(35)22-11-12-26-31-27(21-7-4-3-5-8-21)25(34(26)19-22)20-32-14-16-33(17-15-32)24-10-6-9-23(29)18-24/h2-12,18-19H,1,13-17,20H2,(H,30,35). The van der Waals surface area contributed by atoms with E-state index in [1.54, 1.807) is 6.08 Å². The molecule has 2 aromatic heterocycles. The van der Waals surface area contributed by atoms with Gasteiger partial charge in [-0.2, -0.15) is 0 Å². The van der Waals surface area contributed by atoms with Gasteiger partial charge >= 0.3 is 0 Å². The van der Waals surface area contributed by atoms with Crippen molar-refractivity contribution in [3.63, 3.8) is 0 Å². The SMILES string of the molecule is C=CCNC(=O)c1ccc2nc(-c3ccccc3)c(CN3CCN(c4cccc(Cl)c4)CC3)n2c1. The second-order valence-corrected chi connectivity index (χ2v) is 9.10. The van der Waals surface area contributed by atoms with Crippen molar-refractivity contribution in [2.24, 2.45) is 0 Å². The molecule has 1 aliphatic rings. The molecule has 1 amide bonds. The summed E-state index contributed by atoms with van der Waals surface area (Å²) in [5, 5.41) is 3.62. The lowest BCUT2D eigenvalue weighted by Gasteiger charge is -2.36. The van der Waals surface area contributed by atoms with Gasteiger partial charge in [-0.1, -0.05) is 54.1 Å². The normalized spacial score (nSPS) is 14.3. The van der Waals surface area contributed by atoms with Gasteiger partial charge in [0.1, 0.15) is 5.65 Å². The van der Waals surface area contributed by atoms with Crippen molar-refractivity contribution in [2.75, 3.05) is 37.6 Å². The first-order valence-corrected chi connectivity index (χ1v) is 12.2. The third kappa shape index (κ3) is 5.09. The predicted octanol–water partition coefficient (Wildman–Crippen LogP) is 4.89. The van der Waals surface area contributed by atoms with E-state index in [-0.39, 0.29) is 5.91 Å². The molecule has 0 bridgehead atoms. The Kier molecular flexibility index (Phi) is 6.84. The van der Waals surface area contributed by atoms with Gasteiger partial charge in [0.15, 0.2) is 0 Å². The van der Waals surface area contributed by atoms with E-state index in [9.17, 15) is 4.79 Å². The number of aromatic nitrogens is 2. The monoisotopic (exact) mass is 485 g/mol. The molecule has 1 N–H and O–H groups in total. The van der Waals surface area contributed by atoms with E-state index in [1.165, 1.54) is 0 Å². The molecule has 3 heterocycles. The first-order chi connectivity index (χ1) is 17.1. The molecule has 5 rings (SSSR count). The summed E-state index contributed by atoms with van der Waals surface area (Å²) in [7, 11) is 0. The van der Waals surface area contributed by atoms with E-state index in [1.807, 2.05) is 54.7 Å². The first-order valence-electron chi connectivity index (χ1n) is 11.8. The number of hydrogen-bond donors (Lipinski definition) is 1. The van der Waals surface area contributed by atoms with Gasteiger partial charge < -0.3 is 14.6 Å². The Morgan fingerprint density at radius 2 is 1.83 bits per heavy atom. The van der Waals surface area contributed by atoms with E-state index in [0.717, 1.165) is 66.0 Å². The third-order valence-electron chi connectivity index (χ3n) is 6.35. The molecule has 7 heteroatoms. The highest BCUT2D eigenvalue weighted by Crippen LogP contribution is 2.27. The minimum Gasteiger partial charge on any atom is -0.369 e. The summed E-state index contributed by atoms with van der Waals surface area (Å²) in [5.74, 6) is -0.122. The van der Waals surface area contributed by atoms with Crippen LogP contribution in [0.1, 0.15) is 16.1 Å². The second-order valence-electron chi connectivity index (χ2n) is 8.66. The summed E-state index contributed by atoms with van der Waals surface area (Å²) in [6.07, 6.45) is 3.57. The fourth-order valence-corrected chi connectivity index (χ4v) is 4.71. The number of fused-ring (bicyclic) bond motifs is 1. The van der Waals surface area contributed by atoms with Crippen LogP contribution < -0.4 is 10.2 Å². The van der Waals surface area contributed by atoms with E-state index < -0.39 is 0 Å². The average Bonchev–Trinajstić information content (AvgIpc) is 3.25. The summed E-state index contributed by atoms with van der Waals surface area (Å²) in [6, 6.07) is 22.0. The number of amides is 1. The number of nitrogens with zero attached hydrogens (tertiary/aromatic N) is 4. The Morgan fingerprint density at radius 1 is 1.03 bits per heavy atom. The maximum Gasteiger partial charge on any atom is 0.253 e. The van der Waals surface area contributed by atoms with Gasteiger partial charge in [-0.3, -0.25) is 9.69 Å². The maximum absolute atomic E-state index is 12.6. The van der Waals surface area contributed by atoms with Gasteiger partial charge in [-0.15, -0.1) is 6.58 Å². The van der Waals surface area contributed by atoms with Crippen molar-refractivity contribution in [2.45, 2.75) is 6.54 Å². The topological polar surface area (TPSA) is 52.9 Å². The highest BCUT2D eigenvalue weighted by molar-refractivity contribution is 6.30. The van der Waals surface area contributed by atoms with Crippen LogP contribution >= 0.6 is 11.6 Å². The molecule has 1 aliphatic heterocycles. The zero-order chi connectivity index (χ0) is 24.2. The smallest absolute Gasteiger partial charge is 0.253 e. The Morgan fingerprint density at radius 3 is 2.57 bits per heavy atom. The molecule has 0 aliphatic carbocycles. The van der Waals surface area contributed by atoms with Crippen molar-refractivity contribution < 1.29 is 4.79 Å². The Balaban J connectivity index is 1.43. The molecule has 1 saturated heterocycles. The number of benzene rings is 2. The number of carbonyl (C=O) groups is 1. The van der Waals surface area contributed by atoms with Crippen LogP contribution in [0.25, 0.3) is 16.9 Å². The van der Waals surface area contributed by atoms with Crippen molar-refractivity contribution in [3.8, 4) is 11.3 Å². The van der Waals surface area contributed by atoms with Gasteiger partial charge in [0.05, 0.1) is 17.0 Å². The zero-order valence-electron chi connectivity index (χ0n) is 19.5. The number of anilines is 1. The molecule has 6 nitrogen and oxygen atoms in total. The van der Waals surface area contributed by atoms with Crippen LogP contribution in [-0.4, -0.2) is 52.9 Å². The van der Waals surface area contributed by atoms with E-state index in [0.29, 0.717) is 12.1 Å². The van der Waals surface area contributed by atoms with Crippen LogP contribution in [0.3, 0.4) is 0 Å². The summed E-state index contributed by atoms with van der Waals surface area (Å²) in [6.45, 7) is 8.54. The fourth-order valence-electron chi connectivity index (χ4n) is 4.52. The molecular formula is C28H28ClN5O. The molecule has 1 fully saturated rings. The molecule has 2 aromatic carbocycles. The summed E-state index contributed by atoms with van der Waals surface area (Å²) < 4.78 is 2.06. The minimum absolute atomic E-state index is 0.122. The molecule has 0 spiro atoms. The average molecular weight is 486 g/mol. The van der Waals surface area contributed by atoms with Gasteiger partial charge in [-0.25, -0.2) is 4.98 Å². The number of nitrogens with one attached hydrogen (secondary N) is 1. The molecule has 0 atom stereocenters. The summed E-state index contributed by atoms with van der Waals surface area (Å²) in [4.78, 5) is 22.4. The number of imidazole rings is 1.